The van der Waals surface area contributed by atoms with Crippen molar-refractivity contribution in [2.45, 2.75) is 6.92 Å². The summed E-state index contributed by atoms with van der Waals surface area (Å²) in [7, 11) is 3.32. The number of aryl methyl sites for hydroxylation is 1. The molecule has 20 heavy (non-hydrogen) atoms. The fraction of sp³-hybridized carbons (Fsp3) is 0.188. The molecule has 1 N–H and O–H groups in total. The van der Waals surface area contributed by atoms with Crippen LogP contribution in [0.5, 0.6) is 11.5 Å². The fourth-order valence-electron chi connectivity index (χ4n) is 1.99. The number of hydrogen-bond donors (Lipinski definition) is 1. The summed E-state index contributed by atoms with van der Waals surface area (Å²) in [5.41, 5.74) is 2.10. The van der Waals surface area contributed by atoms with Crippen LogP contribution in [0.4, 0.5) is 5.69 Å². The number of ether oxygens (including phenoxy) is 1. The molecule has 0 bridgehead atoms. The number of rotatable bonds is 3. The summed E-state index contributed by atoms with van der Waals surface area (Å²) in [5, 5.41) is 9.39. The van der Waals surface area contributed by atoms with Gasteiger partial charge in [-0.15, -0.1) is 0 Å². The molecule has 0 aliphatic rings. The number of carbonyl (C=O) groups is 1. The van der Waals surface area contributed by atoms with Crippen LogP contribution in [0.25, 0.3) is 0 Å². The monoisotopic (exact) mass is 271 g/mol. The first-order chi connectivity index (χ1) is 9.52. The topological polar surface area (TPSA) is 49.8 Å². The average molecular weight is 271 g/mol. The molecule has 0 aliphatic carbocycles. The van der Waals surface area contributed by atoms with Crippen LogP contribution in [-0.4, -0.2) is 25.2 Å². The predicted octanol–water partition coefficient (Wildman–Crippen LogP) is 2.99. The van der Waals surface area contributed by atoms with E-state index >= 15 is 0 Å². The minimum absolute atomic E-state index is 0.118. The Labute approximate surface area is 118 Å². The van der Waals surface area contributed by atoms with Crippen molar-refractivity contribution in [3.05, 3.63) is 53.6 Å². The van der Waals surface area contributed by atoms with E-state index in [1.807, 2.05) is 24.3 Å². The Hall–Kier alpha value is -2.49. The van der Waals surface area contributed by atoms with Gasteiger partial charge in [0.05, 0.1) is 7.11 Å². The first-order valence-electron chi connectivity index (χ1n) is 6.24. The van der Waals surface area contributed by atoms with Crippen LogP contribution >= 0.6 is 0 Å². The van der Waals surface area contributed by atoms with E-state index in [2.05, 4.69) is 0 Å². The van der Waals surface area contributed by atoms with E-state index in [0.29, 0.717) is 5.56 Å². The van der Waals surface area contributed by atoms with E-state index in [9.17, 15) is 9.90 Å². The second-order valence-electron chi connectivity index (χ2n) is 4.56. The van der Waals surface area contributed by atoms with Gasteiger partial charge in [0.2, 0.25) is 0 Å². The molecule has 0 aromatic heterocycles. The van der Waals surface area contributed by atoms with Crippen molar-refractivity contribution < 1.29 is 14.6 Å². The molecule has 2 rings (SSSR count). The maximum atomic E-state index is 12.4. The maximum absolute atomic E-state index is 12.4. The van der Waals surface area contributed by atoms with Gasteiger partial charge in [-0.1, -0.05) is 0 Å². The first kappa shape index (κ1) is 13.9. The Kier molecular flexibility index (Phi) is 3.94. The van der Waals surface area contributed by atoms with Gasteiger partial charge in [0.1, 0.15) is 11.5 Å². The van der Waals surface area contributed by atoms with Crippen LogP contribution in [0, 0.1) is 6.92 Å². The number of methoxy groups -OCH3 is 1. The molecule has 1 amide bonds. The van der Waals surface area contributed by atoms with Gasteiger partial charge in [-0.2, -0.15) is 0 Å². The normalized spacial score (nSPS) is 10.2. The number of hydrogen-bond acceptors (Lipinski definition) is 3. The van der Waals surface area contributed by atoms with Crippen molar-refractivity contribution in [3.8, 4) is 11.5 Å². The highest BCUT2D eigenvalue weighted by molar-refractivity contribution is 6.06. The highest BCUT2D eigenvalue weighted by atomic mass is 16.5. The van der Waals surface area contributed by atoms with Gasteiger partial charge in [0, 0.05) is 18.3 Å². The number of anilines is 1. The molecule has 0 saturated carbocycles. The SMILES string of the molecule is COc1ccc(N(C)C(=O)c2ccc(O)cc2C)cc1. The van der Waals surface area contributed by atoms with E-state index in [4.69, 9.17) is 4.74 Å². The largest absolute Gasteiger partial charge is 0.508 e. The van der Waals surface area contributed by atoms with Gasteiger partial charge in [-0.25, -0.2) is 0 Å². The quantitative estimate of drug-likeness (QED) is 0.933. The predicted molar refractivity (Wildman–Crippen MR) is 78.6 cm³/mol. The van der Waals surface area contributed by atoms with Crippen LogP contribution in [0.3, 0.4) is 0 Å². The number of nitrogens with zero attached hydrogens (tertiary/aromatic N) is 1. The molecule has 2 aromatic rings. The molecule has 0 saturated heterocycles. The molecular weight excluding hydrogens is 254 g/mol. The Morgan fingerprint density at radius 1 is 1.15 bits per heavy atom. The third kappa shape index (κ3) is 2.74. The smallest absolute Gasteiger partial charge is 0.258 e. The van der Waals surface area contributed by atoms with Crippen molar-refractivity contribution in [1.29, 1.82) is 0 Å². The van der Waals surface area contributed by atoms with Gasteiger partial charge in [0.15, 0.2) is 0 Å². The van der Waals surface area contributed by atoms with Crippen LogP contribution in [0.15, 0.2) is 42.5 Å². The third-order valence-corrected chi connectivity index (χ3v) is 3.20. The van der Waals surface area contributed by atoms with E-state index in [1.54, 1.807) is 38.1 Å². The number of phenols is 1. The Morgan fingerprint density at radius 2 is 1.80 bits per heavy atom. The standard InChI is InChI=1S/C16H17NO3/c1-11-10-13(18)6-9-15(11)16(19)17(2)12-4-7-14(20-3)8-5-12/h4-10,18H,1-3H3. The summed E-state index contributed by atoms with van der Waals surface area (Å²) in [4.78, 5) is 14.0. The number of aromatic hydroxyl groups is 1. The molecule has 0 atom stereocenters. The molecule has 0 radical (unpaired) electrons. The van der Waals surface area contributed by atoms with Gasteiger partial charge in [0.25, 0.3) is 5.91 Å². The van der Waals surface area contributed by atoms with Crippen LogP contribution in [0.1, 0.15) is 15.9 Å². The van der Waals surface area contributed by atoms with Crippen molar-refractivity contribution >= 4 is 11.6 Å². The maximum Gasteiger partial charge on any atom is 0.258 e. The first-order valence-corrected chi connectivity index (χ1v) is 6.24. The van der Waals surface area contributed by atoms with E-state index < -0.39 is 0 Å². The Morgan fingerprint density at radius 3 is 2.35 bits per heavy atom. The highest BCUT2D eigenvalue weighted by Gasteiger charge is 2.15. The molecule has 4 heteroatoms. The molecule has 0 fully saturated rings. The summed E-state index contributed by atoms with van der Waals surface area (Å²) < 4.78 is 5.10. The lowest BCUT2D eigenvalue weighted by Gasteiger charge is -2.19. The third-order valence-electron chi connectivity index (χ3n) is 3.20. The lowest BCUT2D eigenvalue weighted by Crippen LogP contribution is -2.26. The van der Waals surface area contributed by atoms with Crippen molar-refractivity contribution in [1.82, 2.24) is 0 Å². The minimum Gasteiger partial charge on any atom is -0.508 e. The van der Waals surface area contributed by atoms with E-state index in [-0.39, 0.29) is 11.7 Å². The molecule has 0 aliphatic heterocycles. The van der Waals surface area contributed by atoms with E-state index in [0.717, 1.165) is 17.0 Å². The summed E-state index contributed by atoms with van der Waals surface area (Å²) in [6.07, 6.45) is 0. The number of phenolic OH excluding ortho intramolecular Hbond substituents is 1. The van der Waals surface area contributed by atoms with Gasteiger partial charge in [-0.3, -0.25) is 4.79 Å². The lowest BCUT2D eigenvalue weighted by molar-refractivity contribution is 0.0992. The average Bonchev–Trinajstić information content (AvgIpc) is 2.46. The second-order valence-corrected chi connectivity index (χ2v) is 4.56. The Balaban J connectivity index is 2.27. The minimum atomic E-state index is -0.118. The zero-order valence-electron chi connectivity index (χ0n) is 11.8. The van der Waals surface area contributed by atoms with Crippen LogP contribution in [0.2, 0.25) is 0 Å². The summed E-state index contributed by atoms with van der Waals surface area (Å²) in [5.74, 6) is 0.786. The lowest BCUT2D eigenvalue weighted by atomic mass is 10.1. The molecule has 0 spiro atoms. The van der Waals surface area contributed by atoms with Gasteiger partial charge >= 0.3 is 0 Å². The Bertz CT molecular complexity index is 620. The van der Waals surface area contributed by atoms with Crippen molar-refractivity contribution in [2.75, 3.05) is 19.1 Å². The highest BCUT2D eigenvalue weighted by Crippen LogP contribution is 2.22. The van der Waals surface area contributed by atoms with E-state index in [1.165, 1.54) is 6.07 Å². The number of benzene rings is 2. The number of amides is 1. The summed E-state index contributed by atoms with van der Waals surface area (Å²) in [6.45, 7) is 1.80. The molecule has 2 aromatic carbocycles. The van der Waals surface area contributed by atoms with Gasteiger partial charge in [-0.05, 0) is 55.0 Å². The zero-order valence-corrected chi connectivity index (χ0v) is 11.8. The summed E-state index contributed by atoms with van der Waals surface area (Å²) in [6, 6.07) is 12.0. The van der Waals surface area contributed by atoms with Crippen LogP contribution < -0.4 is 9.64 Å². The number of carbonyl (C=O) groups excluding carboxylic acids is 1. The molecule has 104 valence electrons. The molecule has 0 heterocycles. The summed E-state index contributed by atoms with van der Waals surface area (Å²) >= 11 is 0. The second kappa shape index (κ2) is 5.65. The van der Waals surface area contributed by atoms with Gasteiger partial charge < -0.3 is 14.7 Å². The molecule has 0 unspecified atom stereocenters. The molecular formula is C16H17NO3. The van der Waals surface area contributed by atoms with Crippen molar-refractivity contribution in [2.24, 2.45) is 0 Å². The zero-order chi connectivity index (χ0) is 14.7. The van der Waals surface area contributed by atoms with Crippen LogP contribution in [-0.2, 0) is 0 Å². The van der Waals surface area contributed by atoms with Crippen molar-refractivity contribution in [3.63, 3.8) is 0 Å². The molecule has 4 nitrogen and oxygen atoms in total. The fourth-order valence-corrected chi connectivity index (χ4v) is 1.99.